The van der Waals surface area contributed by atoms with Gasteiger partial charge in [0.1, 0.15) is 5.75 Å². The van der Waals surface area contributed by atoms with Crippen molar-refractivity contribution in [1.82, 2.24) is 0 Å². The Morgan fingerprint density at radius 1 is 1.21 bits per heavy atom. The van der Waals surface area contributed by atoms with Crippen molar-refractivity contribution in [2.45, 2.75) is 39.5 Å². The second-order valence-corrected chi connectivity index (χ2v) is 4.70. The van der Waals surface area contributed by atoms with Gasteiger partial charge in [0.2, 0.25) is 0 Å². The van der Waals surface area contributed by atoms with E-state index in [2.05, 4.69) is 6.92 Å². The minimum absolute atomic E-state index is 0.482. The zero-order valence-electron chi connectivity index (χ0n) is 11.7. The van der Waals surface area contributed by atoms with E-state index in [0.29, 0.717) is 13.2 Å². The minimum Gasteiger partial charge on any atom is -0.491 e. The van der Waals surface area contributed by atoms with E-state index in [4.69, 9.17) is 16.3 Å². The van der Waals surface area contributed by atoms with E-state index in [9.17, 15) is 4.79 Å². The summed E-state index contributed by atoms with van der Waals surface area (Å²) in [5.41, 5.74) is 0.737. The van der Waals surface area contributed by atoms with E-state index in [0.717, 1.165) is 17.9 Å². The first-order valence-electron chi connectivity index (χ1n) is 6.89. The van der Waals surface area contributed by atoms with Crippen LogP contribution in [0, 0.1) is 0 Å². The maximum Gasteiger partial charge on any atom is 0.320 e. The van der Waals surface area contributed by atoms with Crippen LogP contribution in [0.3, 0.4) is 0 Å². The maximum absolute atomic E-state index is 11.4. The lowest BCUT2D eigenvalue weighted by atomic mass is 10.2. The smallest absolute Gasteiger partial charge is 0.320 e. The SMILES string of the molecule is CCCCCCOc1ccccc1N(CC)C(=O)Cl. The van der Waals surface area contributed by atoms with Crippen molar-refractivity contribution in [3.8, 4) is 5.75 Å². The van der Waals surface area contributed by atoms with Gasteiger partial charge in [-0.3, -0.25) is 9.69 Å². The summed E-state index contributed by atoms with van der Waals surface area (Å²) in [6.45, 7) is 5.27. The van der Waals surface area contributed by atoms with E-state index in [1.54, 1.807) is 0 Å². The second-order valence-electron chi connectivity index (χ2n) is 4.37. The van der Waals surface area contributed by atoms with Crippen molar-refractivity contribution in [1.29, 1.82) is 0 Å². The molecule has 3 nitrogen and oxygen atoms in total. The Morgan fingerprint density at radius 3 is 2.58 bits per heavy atom. The highest BCUT2D eigenvalue weighted by atomic mass is 35.5. The third-order valence-electron chi connectivity index (χ3n) is 2.94. The topological polar surface area (TPSA) is 29.5 Å². The van der Waals surface area contributed by atoms with E-state index in [-0.39, 0.29) is 0 Å². The monoisotopic (exact) mass is 283 g/mol. The molecule has 0 heterocycles. The number of amides is 1. The number of hydrogen-bond donors (Lipinski definition) is 0. The molecule has 0 saturated heterocycles. The zero-order valence-corrected chi connectivity index (χ0v) is 12.4. The highest BCUT2D eigenvalue weighted by Crippen LogP contribution is 2.29. The zero-order chi connectivity index (χ0) is 14.1. The molecule has 106 valence electrons. The summed E-state index contributed by atoms with van der Waals surface area (Å²) in [6, 6.07) is 7.50. The molecular weight excluding hydrogens is 262 g/mol. The van der Waals surface area contributed by atoms with E-state index in [1.807, 2.05) is 31.2 Å². The summed E-state index contributed by atoms with van der Waals surface area (Å²) >= 11 is 5.58. The summed E-state index contributed by atoms with van der Waals surface area (Å²) in [4.78, 5) is 12.9. The molecule has 0 unspecified atom stereocenters. The number of hydrogen-bond acceptors (Lipinski definition) is 2. The van der Waals surface area contributed by atoms with Crippen LogP contribution in [0.4, 0.5) is 10.5 Å². The number of unbranched alkanes of at least 4 members (excludes halogenated alkanes) is 3. The molecule has 0 aliphatic carbocycles. The molecule has 0 N–H and O–H groups in total. The van der Waals surface area contributed by atoms with Gasteiger partial charge in [-0.1, -0.05) is 38.3 Å². The Morgan fingerprint density at radius 2 is 1.95 bits per heavy atom. The van der Waals surface area contributed by atoms with Crippen LogP contribution in [-0.4, -0.2) is 18.5 Å². The lowest BCUT2D eigenvalue weighted by Gasteiger charge is -2.21. The lowest BCUT2D eigenvalue weighted by molar-refractivity contribution is 0.263. The summed E-state index contributed by atoms with van der Waals surface area (Å²) in [5, 5.41) is -0.482. The van der Waals surface area contributed by atoms with Gasteiger partial charge in [-0.05, 0) is 37.1 Å². The van der Waals surface area contributed by atoms with Crippen molar-refractivity contribution in [2.24, 2.45) is 0 Å². The Labute approximate surface area is 120 Å². The van der Waals surface area contributed by atoms with E-state index in [1.165, 1.54) is 24.2 Å². The summed E-state index contributed by atoms with van der Waals surface area (Å²) in [7, 11) is 0. The molecule has 0 aliphatic rings. The van der Waals surface area contributed by atoms with E-state index < -0.39 is 5.37 Å². The largest absolute Gasteiger partial charge is 0.491 e. The number of ether oxygens (including phenoxy) is 1. The van der Waals surface area contributed by atoms with Gasteiger partial charge < -0.3 is 4.74 Å². The molecule has 4 heteroatoms. The van der Waals surface area contributed by atoms with Crippen LogP contribution in [0.2, 0.25) is 0 Å². The number of nitrogens with zero attached hydrogens (tertiary/aromatic N) is 1. The molecule has 1 rings (SSSR count). The molecule has 0 saturated carbocycles. The fourth-order valence-corrected chi connectivity index (χ4v) is 2.11. The van der Waals surface area contributed by atoms with Gasteiger partial charge >= 0.3 is 5.37 Å². The quantitative estimate of drug-likeness (QED) is 0.388. The van der Waals surface area contributed by atoms with Gasteiger partial charge in [-0.15, -0.1) is 0 Å². The van der Waals surface area contributed by atoms with Gasteiger partial charge in [-0.25, -0.2) is 0 Å². The summed E-state index contributed by atoms with van der Waals surface area (Å²) in [6.07, 6.45) is 4.64. The van der Waals surface area contributed by atoms with Gasteiger partial charge in [-0.2, -0.15) is 0 Å². The summed E-state index contributed by atoms with van der Waals surface area (Å²) in [5.74, 6) is 0.717. The molecular formula is C15H22ClNO2. The van der Waals surface area contributed by atoms with Crippen LogP contribution in [0.15, 0.2) is 24.3 Å². The van der Waals surface area contributed by atoms with Gasteiger partial charge in [0.15, 0.2) is 0 Å². The predicted molar refractivity (Wildman–Crippen MR) is 80.3 cm³/mol. The van der Waals surface area contributed by atoms with Crippen molar-refractivity contribution in [3.05, 3.63) is 24.3 Å². The van der Waals surface area contributed by atoms with Crippen LogP contribution >= 0.6 is 11.6 Å². The van der Waals surface area contributed by atoms with Crippen LogP contribution < -0.4 is 9.64 Å². The first kappa shape index (κ1) is 15.8. The number of para-hydroxylation sites is 2. The normalized spacial score (nSPS) is 10.3. The summed E-state index contributed by atoms with van der Waals surface area (Å²) < 4.78 is 5.76. The Kier molecular flexibility index (Phi) is 7.34. The van der Waals surface area contributed by atoms with Gasteiger partial charge in [0.25, 0.3) is 0 Å². The first-order valence-corrected chi connectivity index (χ1v) is 7.27. The molecule has 0 fully saturated rings. The highest BCUT2D eigenvalue weighted by molar-refractivity contribution is 6.66. The number of anilines is 1. The average Bonchev–Trinajstić information content (AvgIpc) is 2.40. The van der Waals surface area contributed by atoms with Crippen LogP contribution in [0.5, 0.6) is 5.75 Å². The standard InChI is InChI=1S/C15H22ClNO2/c1-3-5-6-9-12-19-14-11-8-7-10-13(14)17(4-2)15(16)18/h7-8,10-11H,3-6,9,12H2,1-2H3. The van der Waals surface area contributed by atoms with Crippen LogP contribution in [-0.2, 0) is 0 Å². The molecule has 1 amide bonds. The Balaban J connectivity index is 2.65. The third kappa shape index (κ3) is 5.11. The fourth-order valence-electron chi connectivity index (χ4n) is 1.90. The number of carbonyl (C=O) groups is 1. The average molecular weight is 284 g/mol. The third-order valence-corrected chi connectivity index (χ3v) is 3.14. The molecule has 0 aromatic heterocycles. The number of benzene rings is 1. The molecule has 19 heavy (non-hydrogen) atoms. The fraction of sp³-hybridized carbons (Fsp3) is 0.533. The first-order chi connectivity index (χ1) is 9.20. The van der Waals surface area contributed by atoms with Crippen molar-refractivity contribution >= 4 is 22.7 Å². The number of halogens is 1. The molecule has 0 aliphatic heterocycles. The molecule has 0 spiro atoms. The second kappa shape index (κ2) is 8.81. The van der Waals surface area contributed by atoms with Crippen LogP contribution in [0.1, 0.15) is 39.5 Å². The van der Waals surface area contributed by atoms with Crippen LogP contribution in [0.25, 0.3) is 0 Å². The van der Waals surface area contributed by atoms with Crippen molar-refractivity contribution < 1.29 is 9.53 Å². The van der Waals surface area contributed by atoms with Crippen molar-refractivity contribution in [3.63, 3.8) is 0 Å². The van der Waals surface area contributed by atoms with Crippen molar-refractivity contribution in [2.75, 3.05) is 18.1 Å². The lowest BCUT2D eigenvalue weighted by Crippen LogP contribution is -2.25. The van der Waals surface area contributed by atoms with E-state index >= 15 is 0 Å². The Hall–Kier alpha value is -1.22. The molecule has 1 aromatic rings. The van der Waals surface area contributed by atoms with Gasteiger partial charge in [0, 0.05) is 6.54 Å². The molecule has 0 atom stereocenters. The molecule has 0 radical (unpaired) electrons. The number of carbonyl (C=O) groups excluding carboxylic acids is 1. The molecule has 0 bridgehead atoms. The highest BCUT2D eigenvalue weighted by Gasteiger charge is 2.15. The number of rotatable bonds is 8. The predicted octanol–water partition coefficient (Wildman–Crippen LogP) is 4.83. The minimum atomic E-state index is -0.482. The Bertz CT molecular complexity index is 395. The van der Waals surface area contributed by atoms with Gasteiger partial charge in [0.05, 0.1) is 12.3 Å². The maximum atomic E-state index is 11.4. The molecule has 1 aromatic carbocycles.